The van der Waals surface area contributed by atoms with Crippen molar-refractivity contribution >= 4 is 28.6 Å². The Morgan fingerprint density at radius 2 is 2.20 bits per heavy atom. The van der Waals surface area contributed by atoms with Crippen LogP contribution in [0.25, 0.3) is 22.6 Å². The van der Waals surface area contributed by atoms with Crippen molar-refractivity contribution < 1.29 is 4.79 Å². The van der Waals surface area contributed by atoms with E-state index in [-0.39, 0.29) is 11.9 Å². The highest BCUT2D eigenvalue weighted by Crippen LogP contribution is 2.26. The third-order valence-corrected chi connectivity index (χ3v) is 4.32. The third-order valence-electron chi connectivity index (χ3n) is 4.32. The molecule has 1 amide bonds. The number of nitrogen functional groups attached to an aromatic ring is 1. The molecule has 4 N–H and O–H groups in total. The lowest BCUT2D eigenvalue weighted by molar-refractivity contribution is -0.119. The van der Waals surface area contributed by atoms with Gasteiger partial charge in [-0.2, -0.15) is 0 Å². The molecule has 8 nitrogen and oxygen atoms in total. The number of fused-ring (bicyclic) bond motifs is 1. The number of aromatic amines is 1. The van der Waals surface area contributed by atoms with E-state index in [1.165, 1.54) is 6.92 Å². The molecule has 0 saturated carbocycles. The smallest absolute Gasteiger partial charge is 0.217 e. The van der Waals surface area contributed by atoms with E-state index in [1.54, 1.807) is 6.20 Å². The van der Waals surface area contributed by atoms with E-state index in [2.05, 4.69) is 30.2 Å². The number of nitrogens with one attached hydrogen (secondary N) is 2. The number of amides is 1. The molecule has 1 aliphatic rings. The number of hydrogen-bond donors (Lipinski definition) is 3. The fourth-order valence-corrected chi connectivity index (χ4v) is 3.15. The Morgan fingerprint density at radius 1 is 1.36 bits per heavy atom. The molecule has 4 rings (SSSR count). The van der Waals surface area contributed by atoms with Crippen LogP contribution in [-0.4, -0.2) is 45.0 Å². The maximum absolute atomic E-state index is 11.2. The van der Waals surface area contributed by atoms with E-state index in [4.69, 9.17) is 5.73 Å². The molecular weight excluding hydrogens is 318 g/mol. The van der Waals surface area contributed by atoms with Crippen molar-refractivity contribution in [2.24, 2.45) is 0 Å². The number of imidazole rings is 1. The van der Waals surface area contributed by atoms with Crippen molar-refractivity contribution in [2.45, 2.75) is 19.4 Å². The largest absolute Gasteiger partial charge is 0.382 e. The molecule has 3 aromatic rings. The van der Waals surface area contributed by atoms with Gasteiger partial charge in [-0.15, -0.1) is 0 Å². The summed E-state index contributed by atoms with van der Waals surface area (Å²) in [6.07, 6.45) is 2.54. The van der Waals surface area contributed by atoms with Crippen LogP contribution < -0.4 is 16.0 Å². The van der Waals surface area contributed by atoms with Gasteiger partial charge in [0.15, 0.2) is 17.3 Å². The zero-order valence-corrected chi connectivity index (χ0v) is 13.9. The van der Waals surface area contributed by atoms with Gasteiger partial charge in [0.25, 0.3) is 0 Å². The summed E-state index contributed by atoms with van der Waals surface area (Å²) in [6, 6.07) is 7.90. The Morgan fingerprint density at radius 3 is 3.00 bits per heavy atom. The second kappa shape index (κ2) is 6.04. The van der Waals surface area contributed by atoms with Crippen LogP contribution in [0, 0.1) is 0 Å². The van der Waals surface area contributed by atoms with Gasteiger partial charge < -0.3 is 20.9 Å². The van der Waals surface area contributed by atoms with Gasteiger partial charge in [0.05, 0.1) is 17.2 Å². The molecule has 0 unspecified atom stereocenters. The Labute approximate surface area is 144 Å². The molecule has 0 aliphatic carbocycles. The minimum atomic E-state index is -0.0156. The monoisotopic (exact) mass is 337 g/mol. The van der Waals surface area contributed by atoms with Gasteiger partial charge >= 0.3 is 0 Å². The molecule has 1 aromatic carbocycles. The number of para-hydroxylation sites is 2. The highest BCUT2D eigenvalue weighted by molar-refractivity contribution is 5.80. The number of hydrogen-bond acceptors (Lipinski definition) is 6. The zero-order valence-electron chi connectivity index (χ0n) is 13.9. The van der Waals surface area contributed by atoms with Gasteiger partial charge in [-0.05, 0) is 18.6 Å². The van der Waals surface area contributed by atoms with Crippen molar-refractivity contribution in [1.29, 1.82) is 0 Å². The second-order valence-corrected chi connectivity index (χ2v) is 6.20. The number of carbonyl (C=O) groups excluding carboxylic acids is 1. The van der Waals surface area contributed by atoms with Crippen molar-refractivity contribution in [3.8, 4) is 11.5 Å². The standard InChI is InChI=1S/C17H19N7O/c1-10(25)20-11-6-7-24(9-11)14-8-19-16(18)15(23-14)17-21-12-4-2-3-5-13(12)22-17/h2-5,8,11H,6-7,9H2,1H3,(H2,18,19)(H,20,25)(H,21,22)/t11-/m0/s1. The summed E-state index contributed by atoms with van der Waals surface area (Å²) < 4.78 is 0. The van der Waals surface area contributed by atoms with E-state index in [9.17, 15) is 4.79 Å². The predicted molar refractivity (Wildman–Crippen MR) is 96.0 cm³/mol. The summed E-state index contributed by atoms with van der Waals surface area (Å²) in [5, 5.41) is 2.94. The molecule has 25 heavy (non-hydrogen) atoms. The summed E-state index contributed by atoms with van der Waals surface area (Å²) in [6.45, 7) is 3.05. The number of nitrogens with two attached hydrogens (primary N) is 1. The van der Waals surface area contributed by atoms with Gasteiger partial charge in [-0.1, -0.05) is 12.1 Å². The maximum atomic E-state index is 11.2. The molecule has 1 saturated heterocycles. The average molecular weight is 337 g/mol. The van der Waals surface area contributed by atoms with E-state index < -0.39 is 0 Å². The first-order valence-electron chi connectivity index (χ1n) is 8.20. The van der Waals surface area contributed by atoms with Crippen LogP contribution in [0.1, 0.15) is 13.3 Å². The van der Waals surface area contributed by atoms with Crippen LogP contribution in [0.2, 0.25) is 0 Å². The molecule has 3 heterocycles. The predicted octanol–water partition coefficient (Wildman–Crippen LogP) is 1.32. The lowest BCUT2D eigenvalue weighted by atomic mass is 10.3. The number of anilines is 2. The Bertz CT molecular complexity index is 903. The second-order valence-electron chi connectivity index (χ2n) is 6.20. The van der Waals surface area contributed by atoms with Crippen LogP contribution in [0.15, 0.2) is 30.5 Å². The van der Waals surface area contributed by atoms with Crippen LogP contribution in [0.5, 0.6) is 0 Å². The van der Waals surface area contributed by atoms with Crippen molar-refractivity contribution in [2.75, 3.05) is 23.7 Å². The van der Waals surface area contributed by atoms with Gasteiger partial charge in [-0.25, -0.2) is 15.0 Å². The first-order valence-corrected chi connectivity index (χ1v) is 8.20. The minimum absolute atomic E-state index is 0.0156. The molecule has 0 spiro atoms. The van der Waals surface area contributed by atoms with E-state index in [0.29, 0.717) is 23.9 Å². The zero-order chi connectivity index (χ0) is 17.4. The third kappa shape index (κ3) is 2.98. The summed E-state index contributed by atoms with van der Waals surface area (Å²) in [5.74, 6) is 1.65. The van der Waals surface area contributed by atoms with E-state index in [0.717, 1.165) is 29.8 Å². The molecule has 128 valence electrons. The maximum Gasteiger partial charge on any atom is 0.217 e. The number of benzene rings is 1. The lowest BCUT2D eigenvalue weighted by Crippen LogP contribution is -2.35. The number of nitrogens with zero attached hydrogens (tertiary/aromatic N) is 4. The quantitative estimate of drug-likeness (QED) is 0.664. The SMILES string of the molecule is CC(=O)N[C@H]1CCN(c2cnc(N)c(-c3nc4ccccc4[nH]3)n2)C1. The van der Waals surface area contributed by atoms with Crippen molar-refractivity contribution in [3.63, 3.8) is 0 Å². The van der Waals surface area contributed by atoms with Crippen LogP contribution >= 0.6 is 0 Å². The molecule has 1 aliphatic heterocycles. The number of carbonyl (C=O) groups is 1. The van der Waals surface area contributed by atoms with E-state index >= 15 is 0 Å². The summed E-state index contributed by atoms with van der Waals surface area (Å²) >= 11 is 0. The molecule has 8 heteroatoms. The molecule has 1 atom stereocenters. The van der Waals surface area contributed by atoms with Crippen molar-refractivity contribution in [3.05, 3.63) is 30.5 Å². The molecule has 1 fully saturated rings. The molecule has 0 radical (unpaired) electrons. The molecular formula is C17H19N7O. The van der Waals surface area contributed by atoms with Gasteiger partial charge in [0.1, 0.15) is 5.82 Å². The summed E-state index contributed by atoms with van der Waals surface area (Å²) in [5.41, 5.74) is 8.35. The fourth-order valence-electron chi connectivity index (χ4n) is 3.15. The van der Waals surface area contributed by atoms with Crippen LogP contribution in [-0.2, 0) is 4.79 Å². The van der Waals surface area contributed by atoms with Gasteiger partial charge in [0, 0.05) is 26.1 Å². The molecule has 0 bridgehead atoms. The number of rotatable bonds is 3. The van der Waals surface area contributed by atoms with Crippen LogP contribution in [0.3, 0.4) is 0 Å². The lowest BCUT2D eigenvalue weighted by Gasteiger charge is -2.18. The summed E-state index contributed by atoms with van der Waals surface area (Å²) in [7, 11) is 0. The Kier molecular flexibility index (Phi) is 3.72. The fraction of sp³-hybridized carbons (Fsp3) is 0.294. The first-order chi connectivity index (χ1) is 12.1. The van der Waals surface area contributed by atoms with Crippen molar-refractivity contribution in [1.82, 2.24) is 25.3 Å². The first kappa shape index (κ1) is 15.4. The highest BCUT2D eigenvalue weighted by Gasteiger charge is 2.25. The minimum Gasteiger partial charge on any atom is -0.382 e. The average Bonchev–Trinajstić information content (AvgIpc) is 3.21. The van der Waals surface area contributed by atoms with Crippen LogP contribution in [0.4, 0.5) is 11.6 Å². The number of H-pyrrole nitrogens is 1. The summed E-state index contributed by atoms with van der Waals surface area (Å²) in [4.78, 5) is 30.1. The number of aromatic nitrogens is 4. The Balaban J connectivity index is 1.64. The molecule has 2 aromatic heterocycles. The Hall–Kier alpha value is -3.16. The van der Waals surface area contributed by atoms with Gasteiger partial charge in [0.2, 0.25) is 5.91 Å². The normalized spacial score (nSPS) is 17.2. The highest BCUT2D eigenvalue weighted by atomic mass is 16.1. The van der Waals surface area contributed by atoms with Gasteiger partial charge in [-0.3, -0.25) is 4.79 Å². The van der Waals surface area contributed by atoms with E-state index in [1.807, 2.05) is 24.3 Å². The topological polar surface area (TPSA) is 113 Å².